The number of benzene rings is 1. The van der Waals surface area contributed by atoms with Crippen LogP contribution in [0.4, 0.5) is 0 Å². The van der Waals surface area contributed by atoms with Gasteiger partial charge in [-0.15, -0.1) is 0 Å². The van der Waals surface area contributed by atoms with Crippen LogP contribution in [0.3, 0.4) is 0 Å². The highest BCUT2D eigenvalue weighted by atomic mass is 32.2. The molecular formula is C18H28N2O3S. The Balaban J connectivity index is 2.10. The van der Waals surface area contributed by atoms with Gasteiger partial charge in [0.1, 0.15) is 0 Å². The predicted octanol–water partition coefficient (Wildman–Crippen LogP) is 3.17. The van der Waals surface area contributed by atoms with Crippen LogP contribution in [0.15, 0.2) is 29.2 Å². The first-order chi connectivity index (χ1) is 11.5. The number of carbonyl (C=O) groups excluding carboxylic acids is 1. The first-order valence-corrected chi connectivity index (χ1v) is 10.3. The number of amides is 1. The molecule has 6 heteroatoms. The second-order valence-corrected chi connectivity index (χ2v) is 8.32. The van der Waals surface area contributed by atoms with Crippen LogP contribution in [0.5, 0.6) is 0 Å². The topological polar surface area (TPSA) is 66.5 Å². The van der Waals surface area contributed by atoms with Crippen molar-refractivity contribution in [2.75, 3.05) is 13.1 Å². The van der Waals surface area contributed by atoms with E-state index in [1.165, 1.54) is 16.4 Å². The average molecular weight is 353 g/mol. The summed E-state index contributed by atoms with van der Waals surface area (Å²) in [6.45, 7) is 4.96. The molecule has 1 N–H and O–H groups in total. The summed E-state index contributed by atoms with van der Waals surface area (Å²) in [6, 6.07) is 6.54. The molecule has 2 rings (SSSR count). The number of hydrogen-bond donors (Lipinski definition) is 1. The Morgan fingerprint density at radius 1 is 1.08 bits per heavy atom. The fourth-order valence-electron chi connectivity index (χ4n) is 3.12. The van der Waals surface area contributed by atoms with Crippen LogP contribution in [-0.4, -0.2) is 37.8 Å². The van der Waals surface area contributed by atoms with Crippen molar-refractivity contribution in [2.24, 2.45) is 0 Å². The fourth-order valence-corrected chi connectivity index (χ4v) is 4.74. The van der Waals surface area contributed by atoms with E-state index in [1.807, 2.05) is 13.8 Å². The van der Waals surface area contributed by atoms with Crippen LogP contribution >= 0.6 is 0 Å². The van der Waals surface area contributed by atoms with Gasteiger partial charge in [0.2, 0.25) is 10.0 Å². The van der Waals surface area contributed by atoms with E-state index in [1.54, 1.807) is 12.1 Å². The number of nitrogens with one attached hydrogen (secondary N) is 1. The molecule has 0 spiro atoms. The second kappa shape index (κ2) is 8.62. The van der Waals surface area contributed by atoms with E-state index >= 15 is 0 Å². The van der Waals surface area contributed by atoms with Gasteiger partial charge in [-0.3, -0.25) is 4.79 Å². The fraction of sp³-hybridized carbons (Fsp3) is 0.611. The summed E-state index contributed by atoms with van der Waals surface area (Å²) in [5, 5.41) is 3.02. The van der Waals surface area contributed by atoms with Crippen LogP contribution < -0.4 is 5.32 Å². The third-order valence-corrected chi connectivity index (χ3v) is 6.30. The van der Waals surface area contributed by atoms with Crippen molar-refractivity contribution in [1.82, 2.24) is 9.62 Å². The van der Waals surface area contributed by atoms with Gasteiger partial charge in [0.25, 0.3) is 5.91 Å². The molecule has 24 heavy (non-hydrogen) atoms. The van der Waals surface area contributed by atoms with Gasteiger partial charge < -0.3 is 5.32 Å². The zero-order valence-corrected chi connectivity index (χ0v) is 15.4. The third-order valence-electron chi connectivity index (χ3n) is 4.39. The van der Waals surface area contributed by atoms with Gasteiger partial charge in [-0.2, -0.15) is 4.31 Å². The zero-order chi connectivity index (χ0) is 17.6. The van der Waals surface area contributed by atoms with Crippen molar-refractivity contribution in [3.8, 4) is 0 Å². The second-order valence-electron chi connectivity index (χ2n) is 6.38. The summed E-state index contributed by atoms with van der Waals surface area (Å²) >= 11 is 0. The molecule has 0 unspecified atom stereocenters. The zero-order valence-electron chi connectivity index (χ0n) is 14.6. The maximum Gasteiger partial charge on any atom is 0.251 e. The smallest absolute Gasteiger partial charge is 0.251 e. The third kappa shape index (κ3) is 4.57. The highest BCUT2D eigenvalue weighted by Gasteiger charge is 2.23. The van der Waals surface area contributed by atoms with Crippen LogP contribution in [0, 0.1) is 0 Å². The molecule has 0 saturated heterocycles. The SMILES string of the molecule is CCCN(CCC)S(=O)(=O)c1ccc(C(=O)NC2CCCC2)cc1. The monoisotopic (exact) mass is 352 g/mol. The molecule has 0 heterocycles. The maximum absolute atomic E-state index is 12.7. The van der Waals surface area contributed by atoms with Crippen molar-refractivity contribution < 1.29 is 13.2 Å². The summed E-state index contributed by atoms with van der Waals surface area (Å²) < 4.78 is 26.9. The highest BCUT2D eigenvalue weighted by Crippen LogP contribution is 2.20. The Hall–Kier alpha value is -1.40. The van der Waals surface area contributed by atoms with E-state index in [0.717, 1.165) is 38.5 Å². The molecule has 1 fully saturated rings. The van der Waals surface area contributed by atoms with Gasteiger partial charge in [0.05, 0.1) is 4.90 Å². The molecule has 0 bridgehead atoms. The Kier molecular flexibility index (Phi) is 6.80. The molecule has 1 amide bonds. The summed E-state index contributed by atoms with van der Waals surface area (Å²) in [5.41, 5.74) is 0.512. The molecule has 1 aromatic carbocycles. The maximum atomic E-state index is 12.7. The number of rotatable bonds is 8. The standard InChI is InChI=1S/C18H28N2O3S/c1-3-13-20(14-4-2)24(22,23)17-11-9-15(10-12-17)18(21)19-16-7-5-6-8-16/h9-12,16H,3-8,13-14H2,1-2H3,(H,19,21). The molecule has 1 aliphatic carbocycles. The molecule has 5 nitrogen and oxygen atoms in total. The van der Waals surface area contributed by atoms with Gasteiger partial charge in [-0.1, -0.05) is 26.7 Å². The Bertz CT molecular complexity index is 629. The van der Waals surface area contributed by atoms with E-state index < -0.39 is 10.0 Å². The first kappa shape index (κ1) is 18.9. The Morgan fingerprint density at radius 2 is 1.62 bits per heavy atom. The summed E-state index contributed by atoms with van der Waals surface area (Å²) in [6.07, 6.45) is 5.93. The van der Waals surface area contributed by atoms with E-state index in [9.17, 15) is 13.2 Å². The van der Waals surface area contributed by atoms with Crippen LogP contribution in [-0.2, 0) is 10.0 Å². The summed E-state index contributed by atoms with van der Waals surface area (Å²) in [7, 11) is -3.49. The first-order valence-electron chi connectivity index (χ1n) is 8.90. The largest absolute Gasteiger partial charge is 0.349 e. The summed E-state index contributed by atoms with van der Waals surface area (Å²) in [5.74, 6) is -0.121. The summed E-state index contributed by atoms with van der Waals surface area (Å²) in [4.78, 5) is 12.5. The van der Waals surface area contributed by atoms with Crippen molar-refractivity contribution in [3.63, 3.8) is 0 Å². The van der Waals surface area contributed by atoms with E-state index in [-0.39, 0.29) is 16.8 Å². The average Bonchev–Trinajstić information content (AvgIpc) is 3.07. The highest BCUT2D eigenvalue weighted by molar-refractivity contribution is 7.89. The molecule has 1 aromatic rings. The Morgan fingerprint density at radius 3 is 2.12 bits per heavy atom. The molecule has 1 aliphatic rings. The number of sulfonamides is 1. The van der Waals surface area contributed by atoms with Crippen molar-refractivity contribution in [2.45, 2.75) is 63.3 Å². The minimum Gasteiger partial charge on any atom is -0.349 e. The van der Waals surface area contributed by atoms with E-state index in [4.69, 9.17) is 0 Å². The van der Waals surface area contributed by atoms with Gasteiger partial charge >= 0.3 is 0 Å². The predicted molar refractivity (Wildman–Crippen MR) is 95.5 cm³/mol. The minimum atomic E-state index is -3.49. The van der Waals surface area contributed by atoms with Crippen molar-refractivity contribution >= 4 is 15.9 Å². The number of carbonyl (C=O) groups is 1. The van der Waals surface area contributed by atoms with Gasteiger partial charge in [-0.25, -0.2) is 8.42 Å². The normalized spacial score (nSPS) is 15.8. The van der Waals surface area contributed by atoms with Crippen molar-refractivity contribution in [3.05, 3.63) is 29.8 Å². The van der Waals surface area contributed by atoms with Gasteiger partial charge in [-0.05, 0) is 49.9 Å². The van der Waals surface area contributed by atoms with E-state index in [2.05, 4.69) is 5.32 Å². The molecule has 0 radical (unpaired) electrons. The van der Waals surface area contributed by atoms with Crippen LogP contribution in [0.2, 0.25) is 0 Å². The molecule has 1 saturated carbocycles. The lowest BCUT2D eigenvalue weighted by atomic mass is 10.2. The van der Waals surface area contributed by atoms with Crippen LogP contribution in [0.1, 0.15) is 62.7 Å². The molecule has 0 aliphatic heterocycles. The lowest BCUT2D eigenvalue weighted by Gasteiger charge is -2.21. The Labute approximate surface area is 145 Å². The minimum absolute atomic E-state index is 0.121. The lowest BCUT2D eigenvalue weighted by Crippen LogP contribution is -2.33. The van der Waals surface area contributed by atoms with Crippen LogP contribution in [0.25, 0.3) is 0 Å². The number of nitrogens with zero attached hydrogens (tertiary/aromatic N) is 1. The molecule has 0 aromatic heterocycles. The molecular weight excluding hydrogens is 324 g/mol. The number of hydrogen-bond acceptors (Lipinski definition) is 3. The van der Waals surface area contributed by atoms with Crippen molar-refractivity contribution in [1.29, 1.82) is 0 Å². The quantitative estimate of drug-likeness (QED) is 0.781. The van der Waals surface area contributed by atoms with Gasteiger partial charge in [0, 0.05) is 24.7 Å². The van der Waals surface area contributed by atoms with E-state index in [0.29, 0.717) is 18.7 Å². The molecule has 134 valence electrons. The molecule has 0 atom stereocenters. The lowest BCUT2D eigenvalue weighted by molar-refractivity contribution is 0.0938. The van der Waals surface area contributed by atoms with Gasteiger partial charge in [0.15, 0.2) is 0 Å².